The van der Waals surface area contributed by atoms with Gasteiger partial charge in [-0.05, 0) is 36.4 Å². The minimum atomic E-state index is 0.167. The van der Waals surface area contributed by atoms with Crippen molar-refractivity contribution < 1.29 is 9.53 Å². The van der Waals surface area contributed by atoms with Gasteiger partial charge in [-0.3, -0.25) is 4.79 Å². The van der Waals surface area contributed by atoms with Crippen LogP contribution in [0.3, 0.4) is 0 Å². The first-order valence-corrected chi connectivity index (χ1v) is 9.84. The summed E-state index contributed by atoms with van der Waals surface area (Å²) in [4.78, 5) is 17.0. The molecule has 1 amide bonds. The van der Waals surface area contributed by atoms with Crippen LogP contribution in [-0.4, -0.2) is 48.7 Å². The molecule has 5 nitrogen and oxygen atoms in total. The molecule has 2 heterocycles. The lowest BCUT2D eigenvalue weighted by atomic mass is 10.2. The lowest BCUT2D eigenvalue weighted by Crippen LogP contribution is -2.49. The number of rotatable bonds is 4. The van der Waals surface area contributed by atoms with Crippen molar-refractivity contribution in [2.45, 2.75) is 6.54 Å². The Hall–Kier alpha value is -2.47. The van der Waals surface area contributed by atoms with Gasteiger partial charge in [0.1, 0.15) is 12.3 Å². The fraction of sp³-hybridized carbons (Fsp3) is 0.286. The number of anilines is 1. The smallest absolute Gasteiger partial charge is 0.242 e. The van der Waals surface area contributed by atoms with E-state index in [1.54, 1.807) is 7.11 Å². The topological polar surface area (TPSA) is 37.7 Å². The number of hydrogen-bond donors (Lipinski definition) is 0. The fourth-order valence-electron chi connectivity index (χ4n) is 3.58. The Morgan fingerprint density at radius 3 is 2.67 bits per heavy atom. The van der Waals surface area contributed by atoms with Crippen molar-refractivity contribution in [2.75, 3.05) is 38.2 Å². The van der Waals surface area contributed by atoms with Crippen LogP contribution in [0.1, 0.15) is 0 Å². The van der Waals surface area contributed by atoms with Gasteiger partial charge in [-0.2, -0.15) is 0 Å². The monoisotopic (exact) mass is 427 g/mol. The highest BCUT2D eigenvalue weighted by Gasteiger charge is 2.22. The van der Waals surface area contributed by atoms with Gasteiger partial charge in [-0.1, -0.05) is 22.0 Å². The number of amides is 1. The van der Waals surface area contributed by atoms with Crippen molar-refractivity contribution in [2.24, 2.45) is 0 Å². The maximum absolute atomic E-state index is 12.8. The predicted octanol–water partition coefficient (Wildman–Crippen LogP) is 3.76. The first-order valence-electron chi connectivity index (χ1n) is 9.05. The van der Waals surface area contributed by atoms with Gasteiger partial charge in [-0.15, -0.1) is 0 Å². The Morgan fingerprint density at radius 2 is 1.89 bits per heavy atom. The van der Waals surface area contributed by atoms with E-state index in [1.165, 1.54) is 0 Å². The van der Waals surface area contributed by atoms with Gasteiger partial charge in [0.2, 0.25) is 5.91 Å². The van der Waals surface area contributed by atoms with E-state index >= 15 is 0 Å². The largest absolute Gasteiger partial charge is 0.497 e. The zero-order chi connectivity index (χ0) is 18.8. The number of carbonyl (C=O) groups excluding carboxylic acids is 1. The van der Waals surface area contributed by atoms with Crippen LogP contribution in [0.15, 0.2) is 59.2 Å². The summed E-state index contributed by atoms with van der Waals surface area (Å²) in [6.45, 7) is 3.52. The third kappa shape index (κ3) is 3.81. The van der Waals surface area contributed by atoms with Crippen LogP contribution in [0.5, 0.6) is 5.75 Å². The molecular formula is C21H22BrN3O2. The number of ether oxygens (including phenoxy) is 1. The molecule has 1 fully saturated rings. The summed E-state index contributed by atoms with van der Waals surface area (Å²) in [5.41, 5.74) is 2.23. The Morgan fingerprint density at radius 1 is 1.07 bits per heavy atom. The standard InChI is InChI=1S/C21H22BrN3O2/c1-27-19-4-2-3-18(14-19)23-9-11-24(12-10-23)21(26)15-25-8-7-16-13-17(22)5-6-20(16)25/h2-8,13-14H,9-12,15H2,1H3. The van der Waals surface area contributed by atoms with Crippen molar-refractivity contribution >= 4 is 38.4 Å². The van der Waals surface area contributed by atoms with Crippen LogP contribution < -0.4 is 9.64 Å². The molecular weight excluding hydrogens is 406 g/mol. The molecule has 1 aliphatic rings. The van der Waals surface area contributed by atoms with Crippen LogP contribution in [0, 0.1) is 0 Å². The number of benzene rings is 2. The molecule has 0 aliphatic carbocycles. The molecule has 1 saturated heterocycles. The second kappa shape index (κ2) is 7.64. The van der Waals surface area contributed by atoms with E-state index in [0.29, 0.717) is 6.54 Å². The van der Waals surface area contributed by atoms with E-state index in [2.05, 4.69) is 33.0 Å². The third-order valence-corrected chi connectivity index (χ3v) is 5.58. The summed E-state index contributed by atoms with van der Waals surface area (Å²) in [6, 6.07) is 16.3. The van der Waals surface area contributed by atoms with E-state index in [9.17, 15) is 4.79 Å². The average Bonchev–Trinajstić information content (AvgIpc) is 3.09. The molecule has 6 heteroatoms. The maximum atomic E-state index is 12.8. The lowest BCUT2D eigenvalue weighted by Gasteiger charge is -2.36. The first kappa shape index (κ1) is 17.9. The minimum absolute atomic E-state index is 0.167. The Bertz CT molecular complexity index is 961. The van der Waals surface area contributed by atoms with Crippen molar-refractivity contribution in [3.8, 4) is 5.75 Å². The Balaban J connectivity index is 1.39. The molecule has 1 aromatic heterocycles. The molecule has 3 aromatic rings. The molecule has 1 aliphatic heterocycles. The van der Waals surface area contributed by atoms with E-state index in [4.69, 9.17) is 4.74 Å². The van der Waals surface area contributed by atoms with Crippen molar-refractivity contribution in [1.82, 2.24) is 9.47 Å². The second-order valence-corrected chi connectivity index (χ2v) is 7.63. The van der Waals surface area contributed by atoms with Gasteiger partial charge >= 0.3 is 0 Å². The number of methoxy groups -OCH3 is 1. The highest BCUT2D eigenvalue weighted by molar-refractivity contribution is 9.10. The predicted molar refractivity (Wildman–Crippen MR) is 111 cm³/mol. The first-order chi connectivity index (χ1) is 13.1. The number of piperazine rings is 1. The van der Waals surface area contributed by atoms with Gasteiger partial charge in [-0.25, -0.2) is 0 Å². The highest BCUT2D eigenvalue weighted by Crippen LogP contribution is 2.23. The van der Waals surface area contributed by atoms with Crippen LogP contribution in [-0.2, 0) is 11.3 Å². The minimum Gasteiger partial charge on any atom is -0.497 e. The van der Waals surface area contributed by atoms with E-state index < -0.39 is 0 Å². The number of fused-ring (bicyclic) bond motifs is 1. The Kier molecular flexibility index (Phi) is 5.07. The van der Waals surface area contributed by atoms with Gasteiger partial charge in [0.25, 0.3) is 0 Å². The van der Waals surface area contributed by atoms with Crippen LogP contribution in [0.2, 0.25) is 0 Å². The summed E-state index contributed by atoms with van der Waals surface area (Å²) in [5.74, 6) is 1.03. The van der Waals surface area contributed by atoms with Crippen LogP contribution >= 0.6 is 15.9 Å². The van der Waals surface area contributed by atoms with Gasteiger partial charge < -0.3 is 19.1 Å². The number of nitrogens with zero attached hydrogens (tertiary/aromatic N) is 3. The van der Waals surface area contributed by atoms with E-state index in [1.807, 2.05) is 52.1 Å². The van der Waals surface area contributed by atoms with Crippen LogP contribution in [0.4, 0.5) is 5.69 Å². The molecule has 0 atom stereocenters. The summed E-state index contributed by atoms with van der Waals surface area (Å²) >= 11 is 3.49. The highest BCUT2D eigenvalue weighted by atomic mass is 79.9. The second-order valence-electron chi connectivity index (χ2n) is 6.72. The molecule has 27 heavy (non-hydrogen) atoms. The third-order valence-electron chi connectivity index (χ3n) is 5.09. The summed E-state index contributed by atoms with van der Waals surface area (Å²) < 4.78 is 8.38. The van der Waals surface area contributed by atoms with Crippen molar-refractivity contribution in [3.63, 3.8) is 0 Å². The zero-order valence-electron chi connectivity index (χ0n) is 15.3. The van der Waals surface area contributed by atoms with E-state index in [0.717, 1.165) is 53.0 Å². The molecule has 0 bridgehead atoms. The molecule has 140 valence electrons. The Labute approximate surface area is 167 Å². The van der Waals surface area contributed by atoms with Crippen molar-refractivity contribution in [3.05, 3.63) is 59.2 Å². The molecule has 0 N–H and O–H groups in total. The van der Waals surface area contributed by atoms with Gasteiger partial charge in [0.05, 0.1) is 7.11 Å². The van der Waals surface area contributed by atoms with E-state index in [-0.39, 0.29) is 5.91 Å². The number of hydrogen-bond acceptors (Lipinski definition) is 3. The summed E-state index contributed by atoms with van der Waals surface area (Å²) in [7, 11) is 1.68. The molecule has 0 unspecified atom stereocenters. The molecule has 0 radical (unpaired) electrons. The number of aromatic nitrogens is 1. The maximum Gasteiger partial charge on any atom is 0.242 e. The zero-order valence-corrected chi connectivity index (χ0v) is 16.9. The van der Waals surface area contributed by atoms with Crippen molar-refractivity contribution in [1.29, 1.82) is 0 Å². The number of halogens is 1. The molecule has 2 aromatic carbocycles. The SMILES string of the molecule is COc1cccc(N2CCN(C(=O)Cn3ccc4cc(Br)ccc43)CC2)c1. The molecule has 4 rings (SSSR count). The van der Waals surface area contributed by atoms with Gasteiger partial charge in [0.15, 0.2) is 0 Å². The van der Waals surface area contributed by atoms with Gasteiger partial charge in [0, 0.05) is 59.5 Å². The lowest BCUT2D eigenvalue weighted by molar-refractivity contribution is -0.132. The molecule has 0 saturated carbocycles. The quantitative estimate of drug-likeness (QED) is 0.635. The average molecular weight is 428 g/mol. The fourth-order valence-corrected chi connectivity index (χ4v) is 3.95. The summed E-state index contributed by atoms with van der Waals surface area (Å²) in [6.07, 6.45) is 1.99. The number of carbonyl (C=O) groups is 1. The summed E-state index contributed by atoms with van der Waals surface area (Å²) in [5, 5.41) is 1.14. The van der Waals surface area contributed by atoms with Crippen LogP contribution in [0.25, 0.3) is 10.9 Å². The molecule has 0 spiro atoms. The normalized spacial score (nSPS) is 14.6.